The molecule has 4 atom stereocenters. The average molecular weight is 359 g/mol. The van der Waals surface area contributed by atoms with Gasteiger partial charge in [0.2, 0.25) is 5.91 Å². The number of likely N-dealkylation sites (N-methyl/N-ethyl adjacent to an activating group) is 1. The van der Waals surface area contributed by atoms with Gasteiger partial charge in [0.05, 0.1) is 5.92 Å². The smallest absolute Gasteiger partial charge is 0.225 e. The number of nitrogens with two attached hydrogens (primary N) is 1. The normalized spacial score (nSPS) is 25.9. The maximum Gasteiger partial charge on any atom is 0.225 e. The molecular formula is C23H25N3O. The first-order chi connectivity index (χ1) is 13.1. The first kappa shape index (κ1) is 16.6. The maximum atomic E-state index is 12.4. The van der Waals surface area contributed by atoms with E-state index < -0.39 is 0 Å². The van der Waals surface area contributed by atoms with E-state index >= 15 is 0 Å². The van der Waals surface area contributed by atoms with Crippen molar-refractivity contribution in [2.75, 3.05) is 13.6 Å². The summed E-state index contributed by atoms with van der Waals surface area (Å²) in [6.45, 7) is 0.902. The summed E-state index contributed by atoms with van der Waals surface area (Å²) in [6.07, 6.45) is 4.24. The molecular weight excluding hydrogens is 334 g/mol. The Morgan fingerprint density at radius 2 is 2.00 bits per heavy atom. The third-order valence-electron chi connectivity index (χ3n) is 6.69. The molecule has 4 heteroatoms. The molecule has 0 radical (unpaired) electrons. The summed E-state index contributed by atoms with van der Waals surface area (Å²) in [5.41, 5.74) is 11.0. The molecule has 1 saturated heterocycles. The van der Waals surface area contributed by atoms with Crippen LogP contribution in [0.3, 0.4) is 0 Å². The Bertz CT molecular complexity index is 993. The number of aromatic amines is 1. The standard InChI is InChI=1S/C23H25N3O/c1-26-13-16(21(23(24)27)14-6-3-2-4-7-14)10-18-17-8-5-9-19-22(17)15(12-25-19)11-20(18)26/h2-9,12,16,18,20-21,25H,10-11,13H2,1H3,(H2,24,27)/t16-,18-,20-,21?/m1/s1. The van der Waals surface area contributed by atoms with E-state index in [2.05, 4.69) is 41.3 Å². The van der Waals surface area contributed by atoms with Crippen LogP contribution in [-0.4, -0.2) is 35.4 Å². The van der Waals surface area contributed by atoms with Crippen LogP contribution in [0.15, 0.2) is 54.7 Å². The van der Waals surface area contributed by atoms with Gasteiger partial charge in [-0.15, -0.1) is 0 Å². The first-order valence-electron chi connectivity index (χ1n) is 9.77. The lowest BCUT2D eigenvalue weighted by molar-refractivity contribution is -0.121. The van der Waals surface area contributed by atoms with Gasteiger partial charge in [-0.25, -0.2) is 0 Å². The molecule has 1 fully saturated rings. The van der Waals surface area contributed by atoms with Gasteiger partial charge in [0.25, 0.3) is 0 Å². The molecule has 1 aliphatic carbocycles. The maximum absolute atomic E-state index is 12.4. The third kappa shape index (κ3) is 2.59. The number of carbonyl (C=O) groups excluding carboxylic acids is 1. The lowest BCUT2D eigenvalue weighted by Gasteiger charge is -2.47. The highest BCUT2D eigenvalue weighted by molar-refractivity contribution is 5.88. The van der Waals surface area contributed by atoms with Crippen LogP contribution in [0, 0.1) is 5.92 Å². The predicted molar refractivity (Wildman–Crippen MR) is 108 cm³/mol. The quantitative estimate of drug-likeness (QED) is 0.753. The zero-order valence-corrected chi connectivity index (χ0v) is 15.6. The van der Waals surface area contributed by atoms with Crippen LogP contribution in [0.25, 0.3) is 10.9 Å². The summed E-state index contributed by atoms with van der Waals surface area (Å²) in [4.78, 5) is 18.3. The van der Waals surface area contributed by atoms with Gasteiger partial charge in [0.1, 0.15) is 0 Å². The molecule has 2 heterocycles. The van der Waals surface area contributed by atoms with Crippen molar-refractivity contribution in [3.8, 4) is 0 Å². The van der Waals surface area contributed by atoms with Crippen LogP contribution >= 0.6 is 0 Å². The molecule has 1 aliphatic heterocycles. The summed E-state index contributed by atoms with van der Waals surface area (Å²) >= 11 is 0. The van der Waals surface area contributed by atoms with Crippen molar-refractivity contribution in [3.05, 3.63) is 71.4 Å². The molecule has 1 amide bonds. The fourth-order valence-electron chi connectivity index (χ4n) is 5.55. The fraction of sp³-hybridized carbons (Fsp3) is 0.348. The van der Waals surface area contributed by atoms with Crippen LogP contribution in [0.1, 0.15) is 34.9 Å². The van der Waals surface area contributed by atoms with Crippen LogP contribution in [0.5, 0.6) is 0 Å². The molecule has 0 saturated carbocycles. The summed E-state index contributed by atoms with van der Waals surface area (Å²) in [7, 11) is 2.20. The molecule has 3 N–H and O–H groups in total. The number of carbonyl (C=O) groups is 1. The van der Waals surface area contributed by atoms with E-state index in [0.717, 1.165) is 24.9 Å². The van der Waals surface area contributed by atoms with Crippen molar-refractivity contribution in [3.63, 3.8) is 0 Å². The number of likely N-dealkylation sites (tertiary alicyclic amines) is 1. The number of rotatable bonds is 3. The first-order valence-corrected chi connectivity index (χ1v) is 9.77. The molecule has 138 valence electrons. The fourth-order valence-corrected chi connectivity index (χ4v) is 5.55. The van der Waals surface area contributed by atoms with Gasteiger partial charge < -0.3 is 15.6 Å². The zero-order valence-electron chi connectivity index (χ0n) is 15.6. The van der Waals surface area contributed by atoms with Crippen LogP contribution in [0.2, 0.25) is 0 Å². The van der Waals surface area contributed by atoms with E-state index in [9.17, 15) is 4.79 Å². The lowest BCUT2D eigenvalue weighted by atomic mass is 9.68. The topological polar surface area (TPSA) is 62.1 Å². The SMILES string of the molecule is CN1C[C@H](C(C(N)=O)c2ccccc2)C[C@@H]2c3cccc4[nH]cc(c34)C[C@H]21. The highest BCUT2D eigenvalue weighted by Gasteiger charge is 2.42. The Hall–Kier alpha value is -2.59. The second kappa shape index (κ2) is 6.24. The van der Waals surface area contributed by atoms with E-state index in [0.29, 0.717) is 12.0 Å². The van der Waals surface area contributed by atoms with Gasteiger partial charge >= 0.3 is 0 Å². The van der Waals surface area contributed by atoms with Crippen LogP contribution in [0.4, 0.5) is 0 Å². The highest BCUT2D eigenvalue weighted by Crippen LogP contribution is 2.46. The van der Waals surface area contributed by atoms with Gasteiger partial charge in [-0.1, -0.05) is 42.5 Å². The summed E-state index contributed by atoms with van der Waals surface area (Å²) in [5, 5.41) is 1.39. The summed E-state index contributed by atoms with van der Waals surface area (Å²) < 4.78 is 0. The largest absolute Gasteiger partial charge is 0.369 e. The van der Waals surface area contributed by atoms with Crippen LogP contribution in [-0.2, 0) is 11.2 Å². The van der Waals surface area contributed by atoms with Crippen molar-refractivity contribution >= 4 is 16.8 Å². The summed E-state index contributed by atoms with van der Waals surface area (Å²) in [5.74, 6) is 0.217. The number of benzene rings is 2. The van der Waals surface area contributed by atoms with E-state index in [4.69, 9.17) is 5.73 Å². The molecule has 1 unspecified atom stereocenters. The van der Waals surface area contributed by atoms with E-state index in [1.165, 1.54) is 22.0 Å². The molecule has 3 aromatic rings. The number of hydrogen-bond acceptors (Lipinski definition) is 2. The Kier molecular flexibility index (Phi) is 3.83. The average Bonchev–Trinajstić information content (AvgIpc) is 3.08. The van der Waals surface area contributed by atoms with Crippen molar-refractivity contribution in [1.29, 1.82) is 0 Å². The number of nitrogens with zero attached hydrogens (tertiary/aromatic N) is 1. The molecule has 0 spiro atoms. The Labute approximate surface area is 159 Å². The van der Waals surface area contributed by atoms with Crippen molar-refractivity contribution < 1.29 is 4.79 Å². The number of fused-ring (bicyclic) bond motifs is 2. The molecule has 2 aliphatic rings. The number of H-pyrrole nitrogens is 1. The molecule has 1 aromatic heterocycles. The predicted octanol–water partition coefficient (Wildman–Crippen LogP) is 3.40. The molecule has 5 rings (SSSR count). The van der Waals surface area contributed by atoms with Crippen molar-refractivity contribution in [2.24, 2.45) is 11.7 Å². The Morgan fingerprint density at radius 1 is 1.19 bits per heavy atom. The number of primary amides is 1. The number of amides is 1. The Balaban J connectivity index is 1.55. The number of nitrogens with one attached hydrogen (secondary N) is 1. The van der Waals surface area contributed by atoms with Gasteiger partial charge in [-0.05, 0) is 48.6 Å². The lowest BCUT2D eigenvalue weighted by Crippen LogP contribution is -2.50. The van der Waals surface area contributed by atoms with Gasteiger partial charge in [0.15, 0.2) is 0 Å². The number of hydrogen-bond donors (Lipinski definition) is 2. The minimum Gasteiger partial charge on any atom is -0.369 e. The highest BCUT2D eigenvalue weighted by atomic mass is 16.1. The number of aromatic nitrogens is 1. The minimum atomic E-state index is -0.235. The van der Waals surface area contributed by atoms with Gasteiger partial charge in [-0.3, -0.25) is 4.79 Å². The minimum absolute atomic E-state index is 0.214. The van der Waals surface area contributed by atoms with Gasteiger partial charge in [0, 0.05) is 35.6 Å². The van der Waals surface area contributed by atoms with Crippen molar-refractivity contribution in [1.82, 2.24) is 9.88 Å². The molecule has 4 nitrogen and oxygen atoms in total. The second-order valence-electron chi connectivity index (χ2n) is 8.19. The monoisotopic (exact) mass is 359 g/mol. The second-order valence-corrected chi connectivity index (χ2v) is 8.19. The Morgan fingerprint density at radius 3 is 2.78 bits per heavy atom. The number of piperidine rings is 1. The molecule has 27 heavy (non-hydrogen) atoms. The third-order valence-corrected chi connectivity index (χ3v) is 6.69. The van der Waals surface area contributed by atoms with Crippen molar-refractivity contribution in [2.45, 2.75) is 30.7 Å². The van der Waals surface area contributed by atoms with E-state index in [1.807, 2.05) is 30.3 Å². The molecule has 0 bridgehead atoms. The van der Waals surface area contributed by atoms with Gasteiger partial charge in [-0.2, -0.15) is 0 Å². The molecule has 2 aromatic carbocycles. The summed E-state index contributed by atoms with van der Waals surface area (Å²) in [6, 6.07) is 17.1. The zero-order chi connectivity index (χ0) is 18.5. The van der Waals surface area contributed by atoms with E-state index in [-0.39, 0.29) is 17.7 Å². The van der Waals surface area contributed by atoms with E-state index in [1.54, 1.807) is 0 Å². The van der Waals surface area contributed by atoms with Crippen LogP contribution < -0.4 is 5.73 Å².